The van der Waals surface area contributed by atoms with Crippen molar-refractivity contribution in [2.75, 3.05) is 33.5 Å². The lowest BCUT2D eigenvalue weighted by Crippen LogP contribution is -2.36. The number of anilines is 1. The summed E-state index contributed by atoms with van der Waals surface area (Å²) in [5.41, 5.74) is 0. The molecule has 0 saturated heterocycles. The summed E-state index contributed by atoms with van der Waals surface area (Å²) in [6.45, 7) is 0. The van der Waals surface area contributed by atoms with Gasteiger partial charge in [-0.1, -0.05) is 0 Å². The number of ether oxygens (including phenoxy) is 1. The molecule has 0 bridgehead atoms. The maximum absolute atomic E-state index is 11.9. The number of fused-ring (bicyclic) bond motifs is 3. The molecule has 1 N–H and O–H groups in total. The molecule has 7 nitrogen and oxygen atoms in total. The van der Waals surface area contributed by atoms with Crippen molar-refractivity contribution in [3.8, 4) is 5.75 Å². The van der Waals surface area contributed by atoms with Crippen molar-refractivity contribution in [1.82, 2.24) is 19.8 Å². The van der Waals surface area contributed by atoms with Crippen LogP contribution in [0.3, 0.4) is 0 Å². The van der Waals surface area contributed by atoms with Gasteiger partial charge in [0.2, 0.25) is 0 Å². The molecule has 1 amide bonds. The molecular formula is C21H27N5O2S. The number of hydrogen-bond donors (Lipinski definition) is 1. The summed E-state index contributed by atoms with van der Waals surface area (Å²) in [6.07, 6.45) is 5.86. The third-order valence-electron chi connectivity index (χ3n) is 5.58. The van der Waals surface area contributed by atoms with Crippen molar-refractivity contribution in [3.63, 3.8) is 0 Å². The minimum absolute atomic E-state index is 0.392. The predicted molar refractivity (Wildman–Crippen MR) is 118 cm³/mol. The molecule has 0 unspecified atom stereocenters. The molecule has 4 rings (SSSR count). The van der Waals surface area contributed by atoms with Gasteiger partial charge in [0.25, 0.3) is 0 Å². The molecule has 29 heavy (non-hydrogen) atoms. The van der Waals surface area contributed by atoms with Crippen LogP contribution >= 0.6 is 11.3 Å². The van der Waals surface area contributed by atoms with Crippen molar-refractivity contribution < 1.29 is 9.53 Å². The number of rotatable bonds is 4. The van der Waals surface area contributed by atoms with E-state index in [2.05, 4.69) is 34.3 Å². The lowest BCUT2D eigenvalue weighted by atomic mass is 9.90. The van der Waals surface area contributed by atoms with Crippen LogP contribution in [0.4, 0.5) is 10.6 Å². The highest BCUT2D eigenvalue weighted by atomic mass is 32.1. The normalized spacial score (nSPS) is 19.6. The topological polar surface area (TPSA) is 70.6 Å². The first-order valence-corrected chi connectivity index (χ1v) is 10.7. The van der Waals surface area contributed by atoms with Gasteiger partial charge in [0, 0.05) is 36.3 Å². The second-order valence-electron chi connectivity index (χ2n) is 8.04. The van der Waals surface area contributed by atoms with E-state index in [-0.39, 0.29) is 0 Å². The Morgan fingerprint density at radius 2 is 1.90 bits per heavy atom. The van der Waals surface area contributed by atoms with Gasteiger partial charge in [-0.15, -0.1) is 11.3 Å². The maximum atomic E-state index is 11.9. The number of carbonyl (C=O) groups excluding carboxylic acids is 1. The molecule has 1 fully saturated rings. The second kappa shape index (κ2) is 8.12. The van der Waals surface area contributed by atoms with E-state index in [9.17, 15) is 4.79 Å². The van der Waals surface area contributed by atoms with E-state index in [4.69, 9.17) is 4.74 Å². The number of aromatic nitrogens is 2. The molecule has 0 atom stereocenters. The lowest BCUT2D eigenvalue weighted by molar-refractivity contribution is 0.172. The number of thiophene rings is 1. The number of nitrogens with zero attached hydrogens (tertiary/aromatic N) is 4. The monoisotopic (exact) mass is 413 g/mol. The minimum atomic E-state index is -0.392. The van der Waals surface area contributed by atoms with E-state index in [1.165, 1.54) is 17.7 Å². The molecule has 2 aromatic heterocycles. The van der Waals surface area contributed by atoms with Crippen LogP contribution in [0.15, 0.2) is 24.5 Å². The van der Waals surface area contributed by atoms with Gasteiger partial charge in [0.05, 0.1) is 5.39 Å². The van der Waals surface area contributed by atoms with Crippen LogP contribution < -0.4 is 10.1 Å². The first-order valence-electron chi connectivity index (χ1n) is 9.91. The number of hydrogen-bond acceptors (Lipinski definition) is 7. The molecule has 2 heterocycles. The summed E-state index contributed by atoms with van der Waals surface area (Å²) >= 11 is 1.63. The molecule has 0 aliphatic heterocycles. The molecule has 0 radical (unpaired) electrons. The van der Waals surface area contributed by atoms with Crippen LogP contribution in [0.2, 0.25) is 0 Å². The molecule has 0 spiro atoms. The summed E-state index contributed by atoms with van der Waals surface area (Å²) in [5, 5.41) is 5.68. The average Bonchev–Trinajstić information content (AvgIpc) is 3.07. The fourth-order valence-corrected chi connectivity index (χ4v) is 4.91. The number of nitrogens with one attached hydrogen (secondary N) is 1. The summed E-state index contributed by atoms with van der Waals surface area (Å²) in [7, 11) is 7.65. The van der Waals surface area contributed by atoms with Gasteiger partial charge in [0.1, 0.15) is 22.7 Å². The van der Waals surface area contributed by atoms with Crippen molar-refractivity contribution in [1.29, 1.82) is 0 Å². The van der Waals surface area contributed by atoms with E-state index in [0.717, 1.165) is 39.0 Å². The fraction of sp³-hybridized carbons (Fsp3) is 0.476. The third kappa shape index (κ3) is 4.13. The fourth-order valence-electron chi connectivity index (χ4n) is 3.88. The lowest BCUT2D eigenvalue weighted by Gasteiger charge is -2.33. The van der Waals surface area contributed by atoms with Gasteiger partial charge >= 0.3 is 6.09 Å². The Morgan fingerprint density at radius 1 is 1.14 bits per heavy atom. The molecule has 8 heteroatoms. The highest BCUT2D eigenvalue weighted by molar-refractivity contribution is 7.25. The van der Waals surface area contributed by atoms with Crippen LogP contribution in [0.25, 0.3) is 20.3 Å². The Bertz CT molecular complexity index is 1020. The summed E-state index contributed by atoms with van der Waals surface area (Å²) < 4.78 is 6.55. The van der Waals surface area contributed by atoms with Crippen LogP contribution in [0.5, 0.6) is 5.75 Å². The van der Waals surface area contributed by atoms with Gasteiger partial charge < -0.3 is 19.9 Å². The zero-order valence-electron chi connectivity index (χ0n) is 17.3. The van der Waals surface area contributed by atoms with Crippen LogP contribution in [-0.4, -0.2) is 66.1 Å². The first-order chi connectivity index (χ1) is 13.9. The van der Waals surface area contributed by atoms with Gasteiger partial charge in [-0.2, -0.15) is 0 Å². The minimum Gasteiger partial charge on any atom is -0.410 e. The zero-order valence-corrected chi connectivity index (χ0v) is 18.1. The quantitative estimate of drug-likeness (QED) is 0.692. The van der Waals surface area contributed by atoms with Crippen molar-refractivity contribution in [2.24, 2.45) is 0 Å². The van der Waals surface area contributed by atoms with E-state index < -0.39 is 6.09 Å². The molecule has 1 aliphatic rings. The van der Waals surface area contributed by atoms with E-state index in [1.54, 1.807) is 31.8 Å². The standard InChI is InChI=1S/C21H27N5O2S/c1-25(2)14-7-5-13(6-8-14)24-19-18-16-11-15(28-21(27)26(3)4)9-10-17(16)29-20(18)23-12-22-19/h9-14H,5-8H2,1-4H3,(H,22,23,24)/t13-,14-. The summed E-state index contributed by atoms with van der Waals surface area (Å²) in [4.78, 5) is 25.6. The van der Waals surface area contributed by atoms with Gasteiger partial charge in [-0.3, -0.25) is 0 Å². The summed E-state index contributed by atoms with van der Waals surface area (Å²) in [5.74, 6) is 1.39. The van der Waals surface area contributed by atoms with E-state index in [1.807, 2.05) is 18.2 Å². The molecule has 1 aliphatic carbocycles. The Labute approximate surface area is 174 Å². The van der Waals surface area contributed by atoms with E-state index in [0.29, 0.717) is 17.8 Å². The Morgan fingerprint density at radius 3 is 2.59 bits per heavy atom. The van der Waals surface area contributed by atoms with Crippen LogP contribution in [0.1, 0.15) is 25.7 Å². The average molecular weight is 414 g/mol. The Balaban J connectivity index is 1.63. The highest BCUT2D eigenvalue weighted by Crippen LogP contribution is 2.38. The summed E-state index contributed by atoms with van der Waals surface area (Å²) in [6, 6.07) is 6.78. The Kier molecular flexibility index (Phi) is 5.56. The molecule has 1 saturated carbocycles. The van der Waals surface area contributed by atoms with Crippen molar-refractivity contribution in [3.05, 3.63) is 24.5 Å². The number of benzene rings is 1. The Hall–Kier alpha value is -2.45. The van der Waals surface area contributed by atoms with Gasteiger partial charge in [-0.25, -0.2) is 14.8 Å². The van der Waals surface area contributed by atoms with Crippen LogP contribution in [-0.2, 0) is 0 Å². The second-order valence-corrected chi connectivity index (χ2v) is 9.07. The molecular weight excluding hydrogens is 386 g/mol. The van der Waals surface area contributed by atoms with Crippen LogP contribution in [0, 0.1) is 0 Å². The third-order valence-corrected chi connectivity index (χ3v) is 6.66. The van der Waals surface area contributed by atoms with Gasteiger partial charge in [0.15, 0.2) is 0 Å². The molecule has 3 aromatic rings. The SMILES string of the molecule is CN(C)C(=O)Oc1ccc2sc3ncnc(N[C@H]4CC[C@H](N(C)C)CC4)c3c2c1. The number of amides is 1. The maximum Gasteiger partial charge on any atom is 0.414 e. The van der Waals surface area contributed by atoms with E-state index >= 15 is 0 Å². The molecule has 154 valence electrons. The predicted octanol–water partition coefficient (Wildman–Crippen LogP) is 4.19. The number of carbonyl (C=O) groups is 1. The smallest absolute Gasteiger partial charge is 0.410 e. The molecule has 1 aromatic carbocycles. The zero-order chi connectivity index (χ0) is 20.5. The highest BCUT2D eigenvalue weighted by Gasteiger charge is 2.24. The largest absolute Gasteiger partial charge is 0.414 e. The first kappa shape index (κ1) is 19.8. The van der Waals surface area contributed by atoms with Crippen molar-refractivity contribution in [2.45, 2.75) is 37.8 Å². The van der Waals surface area contributed by atoms with Crippen molar-refractivity contribution >= 4 is 43.6 Å². The van der Waals surface area contributed by atoms with Gasteiger partial charge in [-0.05, 0) is 58.0 Å².